The van der Waals surface area contributed by atoms with Gasteiger partial charge in [0.15, 0.2) is 0 Å². The van der Waals surface area contributed by atoms with Crippen molar-refractivity contribution in [3.05, 3.63) is 0 Å². The van der Waals surface area contributed by atoms with E-state index in [1.165, 1.54) is 0 Å². The number of hydrogen-bond donors (Lipinski definition) is 3. The Hall–Kier alpha value is -0.170. The van der Waals surface area contributed by atoms with Gasteiger partial charge in [0.1, 0.15) is 0 Å². The van der Waals surface area contributed by atoms with Gasteiger partial charge in [-0.15, -0.1) is 0 Å². The van der Waals surface area contributed by atoms with E-state index in [2.05, 4.69) is 9.44 Å². The lowest BCUT2D eigenvalue weighted by atomic mass is 10.2. The monoisotopic (exact) mass is 224 g/mol. The molecule has 1 unspecified atom stereocenters. The Morgan fingerprint density at radius 3 is 2.36 bits per heavy atom. The Morgan fingerprint density at radius 1 is 1.36 bits per heavy atom. The average Bonchev–Trinajstić information content (AvgIpc) is 2.01. The van der Waals surface area contributed by atoms with Crippen molar-refractivity contribution in [2.45, 2.75) is 45.8 Å². The van der Waals surface area contributed by atoms with Gasteiger partial charge in [-0.2, -0.15) is 13.1 Å². The first-order valence-electron chi connectivity index (χ1n) is 4.82. The molecule has 0 aromatic heterocycles. The van der Waals surface area contributed by atoms with E-state index >= 15 is 0 Å². The fourth-order valence-electron chi connectivity index (χ4n) is 0.916. The Bertz CT molecular complexity index is 239. The SMILES string of the molecule is CCC(O)CCNS(=O)(=O)NC(C)C. The highest BCUT2D eigenvalue weighted by Crippen LogP contribution is 1.95. The molecule has 0 fully saturated rings. The van der Waals surface area contributed by atoms with Gasteiger partial charge in [-0.3, -0.25) is 0 Å². The van der Waals surface area contributed by atoms with Crippen molar-refractivity contribution in [1.29, 1.82) is 0 Å². The average molecular weight is 224 g/mol. The predicted octanol–water partition coefficient (Wildman–Crippen LogP) is -0.0202. The highest BCUT2D eigenvalue weighted by Gasteiger charge is 2.10. The van der Waals surface area contributed by atoms with Gasteiger partial charge in [-0.1, -0.05) is 6.92 Å². The van der Waals surface area contributed by atoms with E-state index in [4.69, 9.17) is 0 Å². The molecule has 0 heterocycles. The molecule has 0 saturated carbocycles. The van der Waals surface area contributed by atoms with E-state index in [1.54, 1.807) is 13.8 Å². The molecule has 0 aliphatic heterocycles. The lowest BCUT2D eigenvalue weighted by Crippen LogP contribution is -2.41. The summed E-state index contributed by atoms with van der Waals surface area (Å²) in [5.41, 5.74) is 0. The van der Waals surface area contributed by atoms with Gasteiger partial charge in [0, 0.05) is 12.6 Å². The first-order chi connectivity index (χ1) is 6.37. The lowest BCUT2D eigenvalue weighted by Gasteiger charge is -2.11. The van der Waals surface area contributed by atoms with Gasteiger partial charge in [0.25, 0.3) is 10.2 Å². The second kappa shape index (κ2) is 6.34. The van der Waals surface area contributed by atoms with Crippen LogP contribution in [-0.2, 0) is 10.2 Å². The summed E-state index contributed by atoms with van der Waals surface area (Å²) in [5, 5.41) is 9.18. The summed E-state index contributed by atoms with van der Waals surface area (Å²) in [6.45, 7) is 5.61. The van der Waals surface area contributed by atoms with Crippen molar-refractivity contribution in [3.63, 3.8) is 0 Å². The molecule has 0 aliphatic carbocycles. The first kappa shape index (κ1) is 13.8. The smallest absolute Gasteiger partial charge is 0.277 e. The largest absolute Gasteiger partial charge is 0.393 e. The van der Waals surface area contributed by atoms with E-state index in [-0.39, 0.29) is 12.6 Å². The Balaban J connectivity index is 3.77. The van der Waals surface area contributed by atoms with Crippen LogP contribution in [-0.4, -0.2) is 32.2 Å². The van der Waals surface area contributed by atoms with Crippen LogP contribution in [0.4, 0.5) is 0 Å². The van der Waals surface area contributed by atoms with Crippen molar-refractivity contribution in [2.24, 2.45) is 0 Å². The second-order valence-electron chi connectivity index (χ2n) is 3.52. The zero-order valence-corrected chi connectivity index (χ0v) is 9.76. The van der Waals surface area contributed by atoms with E-state index in [0.29, 0.717) is 12.8 Å². The number of nitrogens with one attached hydrogen (secondary N) is 2. The molecule has 0 aromatic rings. The molecule has 6 heteroatoms. The number of aliphatic hydroxyl groups excluding tert-OH is 1. The molecule has 86 valence electrons. The molecule has 0 amide bonds. The zero-order valence-electron chi connectivity index (χ0n) is 8.95. The molecule has 0 aliphatic rings. The minimum atomic E-state index is -3.40. The fraction of sp³-hybridized carbons (Fsp3) is 1.00. The van der Waals surface area contributed by atoms with Gasteiger partial charge >= 0.3 is 0 Å². The summed E-state index contributed by atoms with van der Waals surface area (Å²) in [4.78, 5) is 0. The first-order valence-corrected chi connectivity index (χ1v) is 6.30. The van der Waals surface area contributed by atoms with Crippen LogP contribution in [0.1, 0.15) is 33.6 Å². The molecule has 5 nitrogen and oxygen atoms in total. The summed E-state index contributed by atoms with van der Waals surface area (Å²) >= 11 is 0. The molecular weight excluding hydrogens is 204 g/mol. The van der Waals surface area contributed by atoms with E-state index in [9.17, 15) is 13.5 Å². The summed E-state index contributed by atoms with van der Waals surface area (Å²) in [5.74, 6) is 0. The van der Waals surface area contributed by atoms with Gasteiger partial charge in [-0.05, 0) is 26.7 Å². The molecule has 0 saturated heterocycles. The van der Waals surface area contributed by atoms with Crippen LogP contribution in [0.3, 0.4) is 0 Å². The third kappa shape index (κ3) is 7.25. The second-order valence-corrected chi connectivity index (χ2v) is 5.05. The standard InChI is InChI=1S/C8H20N2O3S/c1-4-8(11)5-6-9-14(12,13)10-7(2)3/h7-11H,4-6H2,1-3H3. The minimum absolute atomic E-state index is 0.122. The van der Waals surface area contributed by atoms with Crippen LogP contribution in [0.5, 0.6) is 0 Å². The third-order valence-corrected chi connectivity index (χ3v) is 3.00. The van der Waals surface area contributed by atoms with E-state index in [0.717, 1.165) is 0 Å². The van der Waals surface area contributed by atoms with Crippen molar-refractivity contribution >= 4 is 10.2 Å². The normalized spacial score (nSPS) is 14.6. The van der Waals surface area contributed by atoms with Gasteiger partial charge in [-0.25, -0.2) is 4.72 Å². The molecule has 0 bridgehead atoms. The molecule has 0 aromatic carbocycles. The third-order valence-electron chi connectivity index (χ3n) is 1.63. The lowest BCUT2D eigenvalue weighted by molar-refractivity contribution is 0.162. The molecule has 0 radical (unpaired) electrons. The van der Waals surface area contributed by atoms with E-state index in [1.807, 2.05) is 6.92 Å². The van der Waals surface area contributed by atoms with Crippen molar-refractivity contribution in [2.75, 3.05) is 6.54 Å². The maximum absolute atomic E-state index is 11.2. The topological polar surface area (TPSA) is 78.4 Å². The summed E-state index contributed by atoms with van der Waals surface area (Å²) in [6, 6.07) is -0.122. The van der Waals surface area contributed by atoms with E-state index < -0.39 is 16.3 Å². The van der Waals surface area contributed by atoms with Gasteiger partial charge < -0.3 is 5.11 Å². The summed E-state index contributed by atoms with van der Waals surface area (Å²) in [7, 11) is -3.40. The van der Waals surface area contributed by atoms with Crippen molar-refractivity contribution in [3.8, 4) is 0 Å². The fourth-order valence-corrected chi connectivity index (χ4v) is 2.01. The predicted molar refractivity (Wildman–Crippen MR) is 56.1 cm³/mol. The summed E-state index contributed by atoms with van der Waals surface area (Å²) < 4.78 is 27.2. The van der Waals surface area contributed by atoms with Crippen LogP contribution in [0, 0.1) is 0 Å². The van der Waals surface area contributed by atoms with Crippen LogP contribution in [0.2, 0.25) is 0 Å². The van der Waals surface area contributed by atoms with Crippen molar-refractivity contribution < 1.29 is 13.5 Å². The molecular formula is C8H20N2O3S. The van der Waals surface area contributed by atoms with Crippen LogP contribution in [0.15, 0.2) is 0 Å². The molecule has 14 heavy (non-hydrogen) atoms. The maximum atomic E-state index is 11.2. The molecule has 1 atom stereocenters. The molecule has 3 N–H and O–H groups in total. The van der Waals surface area contributed by atoms with Crippen molar-refractivity contribution in [1.82, 2.24) is 9.44 Å². The Labute approximate surface area is 86.1 Å². The van der Waals surface area contributed by atoms with Crippen LogP contribution >= 0.6 is 0 Å². The Morgan fingerprint density at radius 2 is 1.93 bits per heavy atom. The number of rotatable bonds is 7. The van der Waals surface area contributed by atoms with Crippen LogP contribution in [0.25, 0.3) is 0 Å². The molecule has 0 rings (SSSR count). The maximum Gasteiger partial charge on any atom is 0.277 e. The number of hydrogen-bond acceptors (Lipinski definition) is 3. The zero-order chi connectivity index (χ0) is 11.2. The van der Waals surface area contributed by atoms with Gasteiger partial charge in [0.05, 0.1) is 6.10 Å². The summed E-state index contributed by atoms with van der Waals surface area (Å²) in [6.07, 6.45) is 0.645. The Kier molecular flexibility index (Phi) is 6.26. The molecule has 0 spiro atoms. The highest BCUT2D eigenvalue weighted by atomic mass is 32.2. The van der Waals surface area contributed by atoms with Gasteiger partial charge in [0.2, 0.25) is 0 Å². The highest BCUT2D eigenvalue weighted by molar-refractivity contribution is 7.87. The van der Waals surface area contributed by atoms with Crippen LogP contribution < -0.4 is 9.44 Å². The quantitative estimate of drug-likeness (QED) is 0.568. The minimum Gasteiger partial charge on any atom is -0.393 e. The number of aliphatic hydroxyl groups is 1.